The largest absolute Gasteiger partial charge is 0.377 e. The molecular weight excluding hydrogens is 156 g/mol. The van der Waals surface area contributed by atoms with Gasteiger partial charge in [0.25, 0.3) is 0 Å². The molecule has 2 aliphatic rings. The van der Waals surface area contributed by atoms with Gasteiger partial charge >= 0.3 is 0 Å². The van der Waals surface area contributed by atoms with Gasteiger partial charge in [0.1, 0.15) is 0 Å². The predicted octanol–water partition coefficient (Wildman–Crippen LogP) is -0.0645. The third-order valence-electron chi connectivity index (χ3n) is 3.16. The van der Waals surface area contributed by atoms with E-state index in [9.17, 15) is 4.79 Å². The van der Waals surface area contributed by atoms with Crippen LogP contribution in [0.1, 0.15) is 25.7 Å². The third-order valence-corrected chi connectivity index (χ3v) is 3.16. The van der Waals surface area contributed by atoms with Crippen LogP contribution in [0.2, 0.25) is 0 Å². The Bertz CT molecular complexity index is 195. The van der Waals surface area contributed by atoms with E-state index in [4.69, 9.17) is 10.6 Å². The Morgan fingerprint density at radius 2 is 2.42 bits per heavy atom. The van der Waals surface area contributed by atoms with Gasteiger partial charge in [0.15, 0.2) is 0 Å². The van der Waals surface area contributed by atoms with Crippen molar-refractivity contribution in [2.45, 2.75) is 31.8 Å². The number of carbonyl (C=O) groups is 1. The molecule has 0 spiro atoms. The van der Waals surface area contributed by atoms with Gasteiger partial charge in [0.2, 0.25) is 5.91 Å². The van der Waals surface area contributed by atoms with Crippen LogP contribution in [-0.4, -0.2) is 18.6 Å². The van der Waals surface area contributed by atoms with Crippen molar-refractivity contribution in [1.29, 1.82) is 0 Å². The molecule has 1 aliphatic carbocycles. The zero-order valence-corrected chi connectivity index (χ0v) is 7.01. The summed E-state index contributed by atoms with van der Waals surface area (Å²) in [6.45, 7) is 0.706. The van der Waals surface area contributed by atoms with E-state index in [0.29, 0.717) is 6.61 Å². The van der Waals surface area contributed by atoms with Crippen molar-refractivity contribution in [2.75, 3.05) is 6.61 Å². The Balaban J connectivity index is 2.21. The molecule has 4 heteroatoms. The van der Waals surface area contributed by atoms with Crippen LogP contribution >= 0.6 is 0 Å². The van der Waals surface area contributed by atoms with E-state index in [2.05, 4.69) is 5.43 Å². The lowest BCUT2D eigenvalue weighted by Crippen LogP contribution is -2.46. The molecule has 3 N–H and O–H groups in total. The van der Waals surface area contributed by atoms with Gasteiger partial charge in [0, 0.05) is 6.61 Å². The summed E-state index contributed by atoms with van der Waals surface area (Å²) in [4.78, 5) is 11.5. The number of nitrogens with two attached hydrogens (primary N) is 1. The summed E-state index contributed by atoms with van der Waals surface area (Å²) in [5.74, 6) is 5.11. The number of hydrogen-bond acceptors (Lipinski definition) is 3. The van der Waals surface area contributed by atoms with Crippen molar-refractivity contribution in [3.63, 3.8) is 0 Å². The highest BCUT2D eigenvalue weighted by molar-refractivity contribution is 5.83. The third kappa shape index (κ3) is 0.881. The van der Waals surface area contributed by atoms with Crippen molar-refractivity contribution >= 4 is 5.91 Å². The molecule has 0 aromatic carbocycles. The minimum absolute atomic E-state index is 0.0394. The van der Waals surface area contributed by atoms with E-state index in [1.54, 1.807) is 0 Å². The van der Waals surface area contributed by atoms with Gasteiger partial charge < -0.3 is 4.74 Å². The smallest absolute Gasteiger partial charge is 0.242 e. The molecule has 2 rings (SSSR count). The van der Waals surface area contributed by atoms with Gasteiger partial charge in [-0.25, -0.2) is 5.84 Å². The van der Waals surface area contributed by atoms with Gasteiger partial charge in [-0.1, -0.05) is 0 Å². The number of rotatable bonds is 1. The number of fused-ring (bicyclic) bond motifs is 1. The number of hydrazine groups is 1. The van der Waals surface area contributed by atoms with Crippen molar-refractivity contribution < 1.29 is 9.53 Å². The standard InChI is InChI=1S/C8H14N2O2/c9-10-7(11)8-3-1-2-6(8)12-5-4-8/h6H,1-5,9H2,(H,10,11)/t6-,8+/m1/s1. The Morgan fingerprint density at radius 3 is 3.17 bits per heavy atom. The fourth-order valence-corrected chi connectivity index (χ4v) is 2.47. The molecule has 1 saturated heterocycles. The molecule has 68 valence electrons. The highest BCUT2D eigenvalue weighted by atomic mass is 16.5. The summed E-state index contributed by atoms with van der Waals surface area (Å²) < 4.78 is 5.49. The minimum atomic E-state index is -0.283. The summed E-state index contributed by atoms with van der Waals surface area (Å²) >= 11 is 0. The summed E-state index contributed by atoms with van der Waals surface area (Å²) in [5.41, 5.74) is 1.97. The Labute approximate surface area is 71.4 Å². The second kappa shape index (κ2) is 2.71. The van der Waals surface area contributed by atoms with E-state index < -0.39 is 0 Å². The number of hydrogen-bond donors (Lipinski definition) is 2. The first kappa shape index (κ1) is 8.01. The van der Waals surface area contributed by atoms with Crippen molar-refractivity contribution in [2.24, 2.45) is 11.3 Å². The Morgan fingerprint density at radius 1 is 1.58 bits per heavy atom. The van der Waals surface area contributed by atoms with Crippen molar-refractivity contribution in [3.05, 3.63) is 0 Å². The monoisotopic (exact) mass is 170 g/mol. The average Bonchev–Trinajstić information content (AvgIpc) is 2.60. The molecule has 2 fully saturated rings. The highest BCUT2D eigenvalue weighted by Gasteiger charge is 2.52. The van der Waals surface area contributed by atoms with Crippen LogP contribution in [0, 0.1) is 5.41 Å². The predicted molar refractivity (Wildman–Crippen MR) is 43.0 cm³/mol. The summed E-state index contributed by atoms with van der Waals surface area (Å²) in [5, 5.41) is 0. The van der Waals surface area contributed by atoms with Crippen LogP contribution in [0.15, 0.2) is 0 Å². The molecule has 1 aliphatic heterocycles. The maximum atomic E-state index is 11.5. The van der Waals surface area contributed by atoms with Gasteiger partial charge in [-0.3, -0.25) is 10.2 Å². The lowest BCUT2D eigenvalue weighted by molar-refractivity contribution is -0.132. The van der Waals surface area contributed by atoms with Crippen LogP contribution in [0.25, 0.3) is 0 Å². The first-order chi connectivity index (χ1) is 5.79. The molecule has 0 aromatic rings. The maximum absolute atomic E-state index is 11.5. The molecule has 0 aromatic heterocycles. The van der Waals surface area contributed by atoms with Crippen molar-refractivity contribution in [3.8, 4) is 0 Å². The topological polar surface area (TPSA) is 64.3 Å². The first-order valence-corrected chi connectivity index (χ1v) is 4.42. The molecule has 1 saturated carbocycles. The quantitative estimate of drug-likeness (QED) is 0.329. The molecular formula is C8H14N2O2. The van der Waals surface area contributed by atoms with E-state index in [0.717, 1.165) is 25.7 Å². The van der Waals surface area contributed by atoms with Crippen LogP contribution in [0.3, 0.4) is 0 Å². The number of amides is 1. The lowest BCUT2D eigenvalue weighted by Gasteiger charge is -2.24. The zero-order chi connectivity index (χ0) is 8.60. The lowest BCUT2D eigenvalue weighted by atomic mass is 9.82. The first-order valence-electron chi connectivity index (χ1n) is 4.42. The summed E-state index contributed by atoms with van der Waals surface area (Å²) in [7, 11) is 0. The van der Waals surface area contributed by atoms with E-state index in [1.165, 1.54) is 0 Å². The van der Waals surface area contributed by atoms with Gasteiger partial charge in [-0.2, -0.15) is 0 Å². The fourth-order valence-electron chi connectivity index (χ4n) is 2.47. The molecule has 0 unspecified atom stereocenters. The molecule has 4 nitrogen and oxygen atoms in total. The molecule has 1 amide bonds. The highest BCUT2D eigenvalue weighted by Crippen LogP contribution is 2.47. The average molecular weight is 170 g/mol. The van der Waals surface area contributed by atoms with Crippen LogP contribution < -0.4 is 11.3 Å². The summed E-state index contributed by atoms with van der Waals surface area (Å²) in [6, 6.07) is 0. The van der Waals surface area contributed by atoms with Crippen LogP contribution in [0.4, 0.5) is 0 Å². The number of nitrogens with one attached hydrogen (secondary N) is 1. The van der Waals surface area contributed by atoms with Gasteiger partial charge in [-0.15, -0.1) is 0 Å². The minimum Gasteiger partial charge on any atom is -0.377 e. The number of carbonyl (C=O) groups excluding carboxylic acids is 1. The van der Waals surface area contributed by atoms with E-state index >= 15 is 0 Å². The summed E-state index contributed by atoms with van der Waals surface area (Å²) in [6.07, 6.45) is 3.98. The molecule has 12 heavy (non-hydrogen) atoms. The zero-order valence-electron chi connectivity index (χ0n) is 7.01. The maximum Gasteiger partial charge on any atom is 0.242 e. The number of ether oxygens (including phenoxy) is 1. The van der Waals surface area contributed by atoms with Crippen LogP contribution in [-0.2, 0) is 9.53 Å². The molecule has 2 atom stereocenters. The van der Waals surface area contributed by atoms with Gasteiger partial charge in [-0.05, 0) is 25.7 Å². The van der Waals surface area contributed by atoms with Crippen molar-refractivity contribution in [1.82, 2.24) is 5.43 Å². The second-order valence-corrected chi connectivity index (χ2v) is 3.63. The second-order valence-electron chi connectivity index (χ2n) is 3.63. The Kier molecular flexibility index (Phi) is 1.81. The molecule has 0 bridgehead atoms. The fraction of sp³-hybridized carbons (Fsp3) is 0.875. The molecule has 1 heterocycles. The van der Waals surface area contributed by atoms with Gasteiger partial charge in [0.05, 0.1) is 11.5 Å². The van der Waals surface area contributed by atoms with E-state index in [1.807, 2.05) is 0 Å². The van der Waals surface area contributed by atoms with Crippen LogP contribution in [0.5, 0.6) is 0 Å². The Hall–Kier alpha value is -0.610. The SMILES string of the molecule is NNC(=O)[C@]12CCC[C@H]1OCC2. The normalized spacial score (nSPS) is 39.6. The molecule has 0 radical (unpaired) electrons. The van der Waals surface area contributed by atoms with E-state index in [-0.39, 0.29) is 17.4 Å².